The molecule has 2 aromatic carbocycles. The van der Waals surface area contributed by atoms with Crippen LogP contribution in [0.1, 0.15) is 21.6 Å². The SMILES string of the molecule is O=C(NCCc1cn(Cc2ccccc2)c2ccccc12)c1cc(-c2ccco2)[nH]n1. The average Bonchev–Trinajstić information content (AvgIpc) is 3.55. The molecule has 5 aromatic rings. The summed E-state index contributed by atoms with van der Waals surface area (Å²) >= 11 is 0. The van der Waals surface area contributed by atoms with Crippen molar-refractivity contribution in [3.63, 3.8) is 0 Å². The Bertz CT molecular complexity index is 1300. The van der Waals surface area contributed by atoms with Gasteiger partial charge in [0.15, 0.2) is 11.5 Å². The zero-order chi connectivity index (χ0) is 21.0. The number of para-hydroxylation sites is 1. The Kier molecular flexibility index (Phi) is 5.10. The van der Waals surface area contributed by atoms with Crippen LogP contribution < -0.4 is 5.32 Å². The van der Waals surface area contributed by atoms with Gasteiger partial charge in [-0.15, -0.1) is 0 Å². The number of H-pyrrole nitrogens is 1. The van der Waals surface area contributed by atoms with Gasteiger partial charge < -0.3 is 14.3 Å². The highest BCUT2D eigenvalue weighted by Gasteiger charge is 2.13. The molecule has 1 amide bonds. The highest BCUT2D eigenvalue weighted by molar-refractivity contribution is 5.93. The molecule has 5 rings (SSSR count). The molecule has 2 N–H and O–H groups in total. The van der Waals surface area contributed by atoms with Crippen molar-refractivity contribution in [2.24, 2.45) is 0 Å². The topological polar surface area (TPSA) is 75.8 Å². The zero-order valence-corrected chi connectivity index (χ0v) is 16.9. The predicted octanol–water partition coefficient (Wildman–Crippen LogP) is 4.65. The molecule has 154 valence electrons. The van der Waals surface area contributed by atoms with Crippen LogP contribution in [0.5, 0.6) is 0 Å². The molecule has 0 spiro atoms. The van der Waals surface area contributed by atoms with E-state index in [1.54, 1.807) is 18.4 Å². The molecule has 3 aromatic heterocycles. The molecule has 0 bridgehead atoms. The van der Waals surface area contributed by atoms with Crippen LogP contribution >= 0.6 is 0 Å². The Morgan fingerprint density at radius 2 is 1.87 bits per heavy atom. The fourth-order valence-electron chi connectivity index (χ4n) is 3.83. The quantitative estimate of drug-likeness (QED) is 0.410. The van der Waals surface area contributed by atoms with Crippen molar-refractivity contribution in [1.82, 2.24) is 20.1 Å². The van der Waals surface area contributed by atoms with E-state index in [9.17, 15) is 4.79 Å². The number of nitrogens with one attached hydrogen (secondary N) is 2. The third-order valence-corrected chi connectivity index (χ3v) is 5.34. The number of carbonyl (C=O) groups is 1. The largest absolute Gasteiger partial charge is 0.463 e. The van der Waals surface area contributed by atoms with Crippen LogP contribution in [-0.2, 0) is 13.0 Å². The molecule has 6 heteroatoms. The minimum Gasteiger partial charge on any atom is -0.463 e. The number of furan rings is 1. The van der Waals surface area contributed by atoms with Gasteiger partial charge in [0.1, 0.15) is 5.69 Å². The van der Waals surface area contributed by atoms with Crippen LogP contribution in [0.15, 0.2) is 89.7 Å². The summed E-state index contributed by atoms with van der Waals surface area (Å²) in [4.78, 5) is 12.5. The lowest BCUT2D eigenvalue weighted by Crippen LogP contribution is -2.26. The molecule has 0 aliphatic carbocycles. The molecule has 0 saturated carbocycles. The Hall–Kier alpha value is -4.06. The van der Waals surface area contributed by atoms with Gasteiger partial charge in [0.2, 0.25) is 0 Å². The van der Waals surface area contributed by atoms with Gasteiger partial charge in [0.05, 0.1) is 6.26 Å². The number of fused-ring (bicyclic) bond motifs is 1. The molecule has 0 aliphatic rings. The first-order valence-corrected chi connectivity index (χ1v) is 10.3. The van der Waals surface area contributed by atoms with Crippen LogP contribution in [0, 0.1) is 0 Å². The minimum absolute atomic E-state index is 0.206. The second-order valence-electron chi connectivity index (χ2n) is 7.44. The van der Waals surface area contributed by atoms with Crippen LogP contribution in [0.2, 0.25) is 0 Å². The molecule has 3 heterocycles. The minimum atomic E-state index is -0.206. The molecular formula is C25H22N4O2. The van der Waals surface area contributed by atoms with Gasteiger partial charge in [-0.1, -0.05) is 48.5 Å². The lowest BCUT2D eigenvalue weighted by atomic mass is 10.1. The Morgan fingerprint density at radius 3 is 2.71 bits per heavy atom. The molecule has 0 fully saturated rings. The zero-order valence-electron chi connectivity index (χ0n) is 16.9. The van der Waals surface area contributed by atoms with Crippen molar-refractivity contribution in [3.05, 3.63) is 102 Å². The average molecular weight is 410 g/mol. The summed E-state index contributed by atoms with van der Waals surface area (Å²) in [6.07, 6.45) is 4.51. The second kappa shape index (κ2) is 8.36. The number of rotatable bonds is 7. The number of benzene rings is 2. The van der Waals surface area contributed by atoms with E-state index in [1.165, 1.54) is 22.0 Å². The van der Waals surface area contributed by atoms with E-state index in [-0.39, 0.29) is 5.91 Å². The maximum atomic E-state index is 12.5. The first kappa shape index (κ1) is 18.9. The number of amides is 1. The highest BCUT2D eigenvalue weighted by atomic mass is 16.3. The van der Waals surface area contributed by atoms with E-state index in [4.69, 9.17) is 4.42 Å². The smallest absolute Gasteiger partial charge is 0.271 e. The summed E-state index contributed by atoms with van der Waals surface area (Å²) < 4.78 is 7.60. The third kappa shape index (κ3) is 4.00. The van der Waals surface area contributed by atoms with Crippen LogP contribution in [0.3, 0.4) is 0 Å². The lowest BCUT2D eigenvalue weighted by Gasteiger charge is -2.05. The second-order valence-corrected chi connectivity index (χ2v) is 7.44. The van der Waals surface area contributed by atoms with Gasteiger partial charge in [-0.2, -0.15) is 5.10 Å². The summed E-state index contributed by atoms with van der Waals surface area (Å²) in [7, 11) is 0. The van der Waals surface area contributed by atoms with E-state index < -0.39 is 0 Å². The lowest BCUT2D eigenvalue weighted by molar-refractivity contribution is 0.0949. The van der Waals surface area contributed by atoms with Crippen LogP contribution in [0.4, 0.5) is 0 Å². The molecule has 0 saturated heterocycles. The molecule has 0 atom stereocenters. The molecule has 31 heavy (non-hydrogen) atoms. The van der Waals surface area contributed by atoms with E-state index >= 15 is 0 Å². The van der Waals surface area contributed by atoms with E-state index in [0.29, 0.717) is 23.7 Å². The van der Waals surface area contributed by atoms with Crippen molar-refractivity contribution < 1.29 is 9.21 Å². The van der Waals surface area contributed by atoms with Gasteiger partial charge in [-0.3, -0.25) is 9.89 Å². The van der Waals surface area contributed by atoms with E-state index in [1.807, 2.05) is 12.1 Å². The third-order valence-electron chi connectivity index (χ3n) is 5.34. The Balaban J connectivity index is 1.27. The first-order chi connectivity index (χ1) is 15.3. The maximum Gasteiger partial charge on any atom is 0.271 e. The standard InChI is InChI=1S/C25H22N4O2/c30-25(22-15-21(27-28-22)24-11-6-14-31-24)26-13-12-19-17-29(16-18-7-2-1-3-8-18)23-10-5-4-9-20(19)23/h1-11,14-15,17H,12-13,16H2,(H,26,30)(H,27,28). The van der Waals surface area contributed by atoms with Crippen molar-refractivity contribution >= 4 is 16.8 Å². The summed E-state index contributed by atoms with van der Waals surface area (Å²) in [5.41, 5.74) is 4.69. The van der Waals surface area contributed by atoms with Gasteiger partial charge in [0, 0.05) is 36.3 Å². The van der Waals surface area contributed by atoms with Gasteiger partial charge in [-0.05, 0) is 35.7 Å². The fraction of sp³-hybridized carbons (Fsp3) is 0.120. The summed E-state index contributed by atoms with van der Waals surface area (Å²) in [5.74, 6) is 0.444. The molecule has 6 nitrogen and oxygen atoms in total. The van der Waals surface area contributed by atoms with E-state index in [0.717, 1.165) is 13.0 Å². The van der Waals surface area contributed by atoms with Crippen LogP contribution in [-0.4, -0.2) is 27.2 Å². The van der Waals surface area contributed by atoms with Gasteiger partial charge in [0.25, 0.3) is 5.91 Å². The van der Waals surface area contributed by atoms with Crippen molar-refractivity contribution in [3.8, 4) is 11.5 Å². The van der Waals surface area contributed by atoms with Crippen molar-refractivity contribution in [2.45, 2.75) is 13.0 Å². The number of aromatic nitrogens is 3. The van der Waals surface area contributed by atoms with Gasteiger partial charge in [-0.25, -0.2) is 0 Å². The van der Waals surface area contributed by atoms with Crippen molar-refractivity contribution in [2.75, 3.05) is 6.54 Å². The number of hydrogen-bond acceptors (Lipinski definition) is 3. The Morgan fingerprint density at radius 1 is 1.03 bits per heavy atom. The molecule has 0 radical (unpaired) electrons. The molecule has 0 aliphatic heterocycles. The number of aromatic amines is 1. The van der Waals surface area contributed by atoms with Gasteiger partial charge >= 0.3 is 0 Å². The fourth-order valence-corrected chi connectivity index (χ4v) is 3.83. The van der Waals surface area contributed by atoms with Crippen molar-refractivity contribution in [1.29, 1.82) is 0 Å². The van der Waals surface area contributed by atoms with E-state index in [2.05, 4.69) is 74.8 Å². The van der Waals surface area contributed by atoms with Crippen LogP contribution in [0.25, 0.3) is 22.4 Å². The first-order valence-electron chi connectivity index (χ1n) is 10.3. The molecular weight excluding hydrogens is 388 g/mol. The maximum absolute atomic E-state index is 12.5. The summed E-state index contributed by atoms with van der Waals surface area (Å²) in [6, 6.07) is 24.1. The Labute approximate surface area is 179 Å². The number of nitrogens with zero attached hydrogens (tertiary/aromatic N) is 2. The summed E-state index contributed by atoms with van der Waals surface area (Å²) in [5, 5.41) is 11.1. The number of hydrogen-bond donors (Lipinski definition) is 2. The monoisotopic (exact) mass is 410 g/mol. The normalized spacial score (nSPS) is 11.1. The highest BCUT2D eigenvalue weighted by Crippen LogP contribution is 2.23. The predicted molar refractivity (Wildman–Crippen MR) is 120 cm³/mol. The molecule has 0 unspecified atom stereocenters. The summed E-state index contributed by atoms with van der Waals surface area (Å²) in [6.45, 7) is 1.34. The number of carbonyl (C=O) groups excluding carboxylic acids is 1.